The van der Waals surface area contributed by atoms with Crippen molar-refractivity contribution in [1.29, 1.82) is 0 Å². The van der Waals surface area contributed by atoms with Crippen LogP contribution in [0.4, 0.5) is 0 Å². The summed E-state index contributed by atoms with van der Waals surface area (Å²) in [4.78, 5) is 11.8. The molecular weight excluding hydrogens is 512 g/mol. The molecule has 2 aliphatic carbocycles. The minimum Gasteiger partial charge on any atom is -0.478 e. The van der Waals surface area contributed by atoms with Gasteiger partial charge in [-0.1, -0.05) is 64.0 Å². The van der Waals surface area contributed by atoms with Gasteiger partial charge in [0.05, 0.1) is 36.6 Å². The molecule has 2 aliphatic rings. The van der Waals surface area contributed by atoms with Crippen molar-refractivity contribution in [1.82, 2.24) is 0 Å². The van der Waals surface area contributed by atoms with Crippen molar-refractivity contribution in [2.24, 2.45) is 40.9 Å². The first-order valence-electron chi connectivity index (χ1n) is 14.8. The fourth-order valence-electron chi connectivity index (χ4n) is 7.44. The van der Waals surface area contributed by atoms with Gasteiger partial charge in [-0.2, -0.15) is 0 Å². The Morgan fingerprint density at radius 1 is 1.07 bits per heavy atom. The van der Waals surface area contributed by atoms with E-state index in [4.69, 9.17) is 0 Å². The van der Waals surface area contributed by atoms with Crippen LogP contribution >= 0.6 is 0 Å². The molecule has 0 saturated heterocycles. The minimum atomic E-state index is -1.000. The topological polar surface area (TPSA) is 159 Å². The number of rotatable bonds is 12. The molecule has 2 rings (SSSR count). The lowest BCUT2D eigenvalue weighted by Gasteiger charge is -2.55. The maximum Gasteiger partial charge on any atom is 0.330 e. The maximum absolute atomic E-state index is 11.8. The zero-order valence-electron chi connectivity index (χ0n) is 25.5. The summed E-state index contributed by atoms with van der Waals surface area (Å²) in [5, 5.41) is 72.8. The summed E-state index contributed by atoms with van der Waals surface area (Å²) in [6.45, 7) is 15.0. The Morgan fingerprint density at radius 3 is 2.23 bits per heavy atom. The predicted molar refractivity (Wildman–Crippen MR) is 155 cm³/mol. The molecule has 230 valence electrons. The molecule has 0 aromatic heterocycles. The van der Waals surface area contributed by atoms with E-state index in [1.807, 2.05) is 40.7 Å². The number of hydrogen-bond acceptors (Lipinski definition) is 7. The van der Waals surface area contributed by atoms with Crippen LogP contribution in [-0.2, 0) is 4.79 Å². The molecule has 0 amide bonds. The number of fused-ring (bicyclic) bond motifs is 1. The summed E-state index contributed by atoms with van der Waals surface area (Å²) in [6.07, 6.45) is 1.58. The molecule has 12 atom stereocenters. The van der Waals surface area contributed by atoms with Gasteiger partial charge in [-0.3, -0.25) is 0 Å². The monoisotopic (exact) mass is 566 g/mol. The van der Waals surface area contributed by atoms with Crippen molar-refractivity contribution in [3.63, 3.8) is 0 Å². The first-order chi connectivity index (χ1) is 18.4. The number of carbonyl (C=O) groups is 1. The Labute approximate surface area is 240 Å². The number of hydrogen-bond donors (Lipinski definition) is 7. The molecule has 0 heterocycles. The normalized spacial score (nSPS) is 35.4. The maximum atomic E-state index is 11.8. The van der Waals surface area contributed by atoms with E-state index in [2.05, 4.69) is 13.0 Å². The summed E-state index contributed by atoms with van der Waals surface area (Å²) >= 11 is 0. The van der Waals surface area contributed by atoms with Gasteiger partial charge in [0, 0.05) is 17.4 Å². The molecule has 0 radical (unpaired) electrons. The van der Waals surface area contributed by atoms with Crippen molar-refractivity contribution < 1.29 is 40.5 Å². The molecule has 7 N–H and O–H groups in total. The van der Waals surface area contributed by atoms with Gasteiger partial charge in [-0.05, 0) is 75.5 Å². The lowest BCUT2D eigenvalue weighted by atomic mass is 9.50. The summed E-state index contributed by atoms with van der Waals surface area (Å²) < 4.78 is 0. The van der Waals surface area contributed by atoms with Crippen LogP contribution < -0.4 is 0 Å². The first kappa shape index (κ1) is 34.7. The van der Waals surface area contributed by atoms with E-state index in [9.17, 15) is 40.5 Å². The van der Waals surface area contributed by atoms with Crippen LogP contribution in [0, 0.1) is 40.9 Å². The molecule has 0 aromatic rings. The standard InChI is InChI=1S/C32H54O8/c1-16(2)29(37)20(6)25(35)13-23(34)12-22(33)10-9-17(3)27-19(5)14-32(8)15-26(36)30(38)21(7)28(32)24(27)11-18(4)31(39)40/h9,11,14,16,20-30,33-38H,10,12-13,15H2,1-8H3,(H,39,40)/b17-9+,18-11+/t20?,21-,22-,23-,24+,25-,26-,27-,28-,29-,30+,32+/m0/s1. The SMILES string of the molecule is CC1=C[C@]2(C)C[C@H](O)[C@H](O)[C@@H](C)[C@H]2[C@H](/C=C(\C)C(=O)O)[C@H]1/C(C)=C/C[C@H](O)C[C@H](O)C[C@H](O)C(C)[C@@H](O)C(C)C. The molecule has 0 bridgehead atoms. The average molecular weight is 567 g/mol. The number of allylic oxidation sites excluding steroid dienone is 4. The first-order valence-corrected chi connectivity index (χ1v) is 14.8. The van der Waals surface area contributed by atoms with Crippen molar-refractivity contribution in [3.05, 3.63) is 34.9 Å². The van der Waals surface area contributed by atoms with E-state index in [1.165, 1.54) is 0 Å². The van der Waals surface area contributed by atoms with Crippen molar-refractivity contribution >= 4 is 5.97 Å². The number of aliphatic hydroxyl groups excluding tert-OH is 6. The Balaban J connectivity index is 2.25. The second-order valence-corrected chi connectivity index (χ2v) is 13.4. The van der Waals surface area contributed by atoms with Gasteiger partial charge in [-0.25, -0.2) is 4.79 Å². The highest BCUT2D eigenvalue weighted by molar-refractivity contribution is 5.85. The Hall–Kier alpha value is -1.55. The third kappa shape index (κ3) is 8.05. The van der Waals surface area contributed by atoms with Crippen LogP contribution in [0.15, 0.2) is 34.9 Å². The molecule has 8 heteroatoms. The molecular formula is C32H54O8. The molecule has 1 unspecified atom stereocenters. The van der Waals surface area contributed by atoms with Gasteiger partial charge in [0.25, 0.3) is 0 Å². The molecule has 0 aromatic carbocycles. The van der Waals surface area contributed by atoms with Gasteiger partial charge in [0.2, 0.25) is 0 Å². The number of carboxylic acid groups (broad SMARTS) is 1. The predicted octanol–water partition coefficient (Wildman–Crippen LogP) is 3.45. The second-order valence-electron chi connectivity index (χ2n) is 13.4. The Bertz CT molecular complexity index is 955. The minimum absolute atomic E-state index is 0.0152. The van der Waals surface area contributed by atoms with Crippen LogP contribution in [0.3, 0.4) is 0 Å². The van der Waals surface area contributed by atoms with E-state index < -0.39 is 53.9 Å². The van der Waals surface area contributed by atoms with Gasteiger partial charge in [-0.15, -0.1) is 0 Å². The van der Waals surface area contributed by atoms with Crippen molar-refractivity contribution in [2.45, 2.75) is 118 Å². The summed E-state index contributed by atoms with van der Waals surface area (Å²) in [7, 11) is 0. The van der Waals surface area contributed by atoms with E-state index >= 15 is 0 Å². The van der Waals surface area contributed by atoms with Gasteiger partial charge >= 0.3 is 5.97 Å². The average Bonchev–Trinajstić information content (AvgIpc) is 2.84. The Kier molecular flexibility index (Phi) is 12.2. The molecule has 0 aliphatic heterocycles. The molecule has 8 nitrogen and oxygen atoms in total. The molecule has 1 fully saturated rings. The van der Waals surface area contributed by atoms with Crippen LogP contribution in [0.5, 0.6) is 0 Å². The van der Waals surface area contributed by atoms with Crippen LogP contribution in [0.2, 0.25) is 0 Å². The zero-order chi connectivity index (χ0) is 30.7. The fourth-order valence-corrected chi connectivity index (χ4v) is 7.44. The third-order valence-corrected chi connectivity index (χ3v) is 9.63. The fraction of sp³-hybridized carbons (Fsp3) is 0.781. The lowest BCUT2D eigenvalue weighted by molar-refractivity contribution is -0.132. The largest absolute Gasteiger partial charge is 0.478 e. The van der Waals surface area contributed by atoms with Crippen LogP contribution in [0.25, 0.3) is 0 Å². The highest BCUT2D eigenvalue weighted by Gasteiger charge is 2.54. The summed E-state index contributed by atoms with van der Waals surface area (Å²) in [5.74, 6) is -2.16. The zero-order valence-corrected chi connectivity index (χ0v) is 25.5. The van der Waals surface area contributed by atoms with Crippen molar-refractivity contribution in [2.75, 3.05) is 0 Å². The third-order valence-electron chi connectivity index (χ3n) is 9.63. The van der Waals surface area contributed by atoms with E-state index in [-0.39, 0.29) is 54.4 Å². The van der Waals surface area contributed by atoms with E-state index in [0.717, 1.165) is 11.1 Å². The highest BCUT2D eigenvalue weighted by Crippen LogP contribution is 2.57. The van der Waals surface area contributed by atoms with Gasteiger partial charge in [0.15, 0.2) is 0 Å². The van der Waals surface area contributed by atoms with Crippen molar-refractivity contribution in [3.8, 4) is 0 Å². The molecule has 40 heavy (non-hydrogen) atoms. The van der Waals surface area contributed by atoms with Crippen LogP contribution in [0.1, 0.15) is 81.1 Å². The number of aliphatic hydroxyl groups is 6. The molecule has 1 saturated carbocycles. The second kappa shape index (κ2) is 14.1. The number of carboxylic acids is 1. The van der Waals surface area contributed by atoms with Gasteiger partial charge < -0.3 is 35.7 Å². The van der Waals surface area contributed by atoms with E-state index in [1.54, 1.807) is 19.9 Å². The Morgan fingerprint density at radius 2 is 1.68 bits per heavy atom. The molecule has 0 spiro atoms. The quantitative estimate of drug-likeness (QED) is 0.140. The summed E-state index contributed by atoms with van der Waals surface area (Å²) in [6, 6.07) is 0. The van der Waals surface area contributed by atoms with E-state index in [0.29, 0.717) is 6.42 Å². The van der Waals surface area contributed by atoms with Gasteiger partial charge in [0.1, 0.15) is 0 Å². The smallest absolute Gasteiger partial charge is 0.330 e. The summed E-state index contributed by atoms with van der Waals surface area (Å²) in [5.41, 5.74) is 1.83. The lowest BCUT2D eigenvalue weighted by Crippen LogP contribution is -2.55. The number of aliphatic carboxylic acids is 1. The van der Waals surface area contributed by atoms with Crippen LogP contribution in [-0.4, -0.2) is 78.3 Å². The highest BCUT2D eigenvalue weighted by atomic mass is 16.4.